The van der Waals surface area contributed by atoms with Gasteiger partial charge in [-0.1, -0.05) is 105 Å². The summed E-state index contributed by atoms with van der Waals surface area (Å²) >= 11 is 0. The van der Waals surface area contributed by atoms with Crippen molar-refractivity contribution in [1.29, 1.82) is 0 Å². The molecule has 1 heterocycles. The number of unbranched alkanes of at least 4 members (excludes halogenated alkanes) is 2. The van der Waals surface area contributed by atoms with Crippen LogP contribution in [0, 0.1) is 0 Å². The summed E-state index contributed by atoms with van der Waals surface area (Å²) in [5.74, 6) is 0. The van der Waals surface area contributed by atoms with Gasteiger partial charge >= 0.3 is 0 Å². The number of aromatic nitrogens is 1. The molecule has 0 bridgehead atoms. The molecule has 0 amide bonds. The molecule has 0 fully saturated rings. The summed E-state index contributed by atoms with van der Waals surface area (Å²) in [6.45, 7) is 3.17. The first kappa shape index (κ1) is 19.6. The van der Waals surface area contributed by atoms with E-state index < -0.39 is 0 Å². The zero-order valence-corrected chi connectivity index (χ0v) is 18.2. The molecule has 4 aromatic carbocycles. The predicted molar refractivity (Wildman–Crippen MR) is 134 cm³/mol. The van der Waals surface area contributed by atoms with Crippen LogP contribution in [-0.2, 0) is 13.0 Å². The Hall–Kier alpha value is -3.32. The molecule has 154 valence electrons. The fraction of sp³-hybridized carbons (Fsp3) is 0.200. The van der Waals surface area contributed by atoms with E-state index >= 15 is 0 Å². The number of nitrogens with zero attached hydrogens (tertiary/aromatic N) is 1. The third-order valence-electron chi connectivity index (χ3n) is 6.31. The molecule has 0 aliphatic rings. The van der Waals surface area contributed by atoms with Crippen molar-refractivity contribution in [2.45, 2.75) is 39.2 Å². The highest BCUT2D eigenvalue weighted by Gasteiger charge is 2.18. The minimum absolute atomic E-state index is 0.886. The summed E-state index contributed by atoms with van der Waals surface area (Å²) in [5.41, 5.74) is 6.87. The van der Waals surface area contributed by atoms with E-state index in [4.69, 9.17) is 0 Å². The lowest BCUT2D eigenvalue weighted by Gasteiger charge is -2.14. The molecule has 1 nitrogen and oxygen atoms in total. The molecule has 5 rings (SSSR count). The Morgan fingerprint density at radius 1 is 0.677 bits per heavy atom. The Bertz CT molecular complexity index is 1310. The van der Waals surface area contributed by atoms with Crippen LogP contribution in [0.4, 0.5) is 0 Å². The van der Waals surface area contributed by atoms with Crippen LogP contribution in [-0.4, -0.2) is 4.57 Å². The fourth-order valence-electron chi connectivity index (χ4n) is 4.78. The Labute approximate surface area is 185 Å². The summed E-state index contributed by atoms with van der Waals surface area (Å²) in [6.07, 6.45) is 4.87. The lowest BCUT2D eigenvalue weighted by molar-refractivity contribution is 0.717. The van der Waals surface area contributed by atoms with Crippen LogP contribution in [0.2, 0.25) is 0 Å². The average Bonchev–Trinajstić information content (AvgIpc) is 3.13. The first-order valence-electron chi connectivity index (χ1n) is 11.5. The summed E-state index contributed by atoms with van der Waals surface area (Å²) in [5, 5.41) is 4.00. The topological polar surface area (TPSA) is 4.93 Å². The smallest absolute Gasteiger partial charge is 0.0527 e. The first-order chi connectivity index (χ1) is 15.3. The number of hydrogen-bond donors (Lipinski definition) is 0. The second-order valence-corrected chi connectivity index (χ2v) is 8.44. The molecule has 0 unspecified atom stereocenters. The summed E-state index contributed by atoms with van der Waals surface area (Å²) in [4.78, 5) is 0. The van der Waals surface area contributed by atoms with Gasteiger partial charge in [-0.05, 0) is 52.4 Å². The number of aryl methyl sites for hydroxylation is 1. The number of rotatable bonds is 7. The quantitative estimate of drug-likeness (QED) is 0.241. The van der Waals surface area contributed by atoms with Crippen LogP contribution < -0.4 is 0 Å². The van der Waals surface area contributed by atoms with Gasteiger partial charge < -0.3 is 4.57 Å². The van der Waals surface area contributed by atoms with Crippen molar-refractivity contribution in [2.75, 3.05) is 0 Å². The van der Waals surface area contributed by atoms with Gasteiger partial charge in [0.15, 0.2) is 0 Å². The second-order valence-electron chi connectivity index (χ2n) is 8.44. The molecule has 0 radical (unpaired) electrons. The van der Waals surface area contributed by atoms with Crippen LogP contribution >= 0.6 is 0 Å². The minimum Gasteiger partial charge on any atom is -0.336 e. The highest BCUT2D eigenvalue weighted by atomic mass is 15.0. The molecule has 0 N–H and O–H groups in total. The largest absolute Gasteiger partial charge is 0.336 e. The van der Waals surface area contributed by atoms with E-state index in [1.165, 1.54) is 63.3 Å². The molecule has 0 saturated heterocycles. The van der Waals surface area contributed by atoms with Gasteiger partial charge in [0.25, 0.3) is 0 Å². The lowest BCUT2D eigenvalue weighted by Crippen LogP contribution is -2.03. The first-order valence-corrected chi connectivity index (χ1v) is 11.5. The van der Waals surface area contributed by atoms with Crippen molar-refractivity contribution < 1.29 is 0 Å². The van der Waals surface area contributed by atoms with Crippen molar-refractivity contribution in [1.82, 2.24) is 4.57 Å². The maximum Gasteiger partial charge on any atom is 0.0527 e. The van der Waals surface area contributed by atoms with Crippen molar-refractivity contribution in [3.05, 3.63) is 108 Å². The molecule has 1 heteroatoms. The van der Waals surface area contributed by atoms with E-state index in [1.807, 2.05) is 0 Å². The van der Waals surface area contributed by atoms with E-state index in [1.54, 1.807) is 0 Å². The Morgan fingerprint density at radius 3 is 2.26 bits per heavy atom. The van der Waals surface area contributed by atoms with Crippen LogP contribution in [0.25, 0.3) is 32.9 Å². The normalized spacial score (nSPS) is 11.4. The van der Waals surface area contributed by atoms with Crippen molar-refractivity contribution in [3.8, 4) is 11.3 Å². The molecular formula is C30H29N. The summed E-state index contributed by atoms with van der Waals surface area (Å²) < 4.78 is 2.54. The van der Waals surface area contributed by atoms with Crippen LogP contribution in [0.3, 0.4) is 0 Å². The zero-order chi connectivity index (χ0) is 21.0. The molecular weight excluding hydrogens is 374 g/mol. The van der Waals surface area contributed by atoms with E-state index in [-0.39, 0.29) is 0 Å². The third kappa shape index (κ3) is 3.88. The predicted octanol–water partition coefficient (Wildman–Crippen LogP) is 8.24. The van der Waals surface area contributed by atoms with E-state index in [9.17, 15) is 0 Å². The number of para-hydroxylation sites is 1. The molecule has 0 spiro atoms. The highest BCUT2D eigenvalue weighted by Crippen LogP contribution is 2.37. The van der Waals surface area contributed by atoms with Gasteiger partial charge in [0.1, 0.15) is 0 Å². The Kier molecular flexibility index (Phi) is 5.58. The Morgan fingerprint density at radius 2 is 1.42 bits per heavy atom. The van der Waals surface area contributed by atoms with Crippen molar-refractivity contribution >= 4 is 21.7 Å². The molecule has 1 aromatic heterocycles. The average molecular weight is 404 g/mol. The maximum absolute atomic E-state index is 2.54. The van der Waals surface area contributed by atoms with E-state index in [0.29, 0.717) is 0 Å². The molecule has 0 aliphatic heterocycles. The Balaban J connectivity index is 1.74. The third-order valence-corrected chi connectivity index (χ3v) is 6.31. The molecule has 5 aromatic rings. The monoisotopic (exact) mass is 403 g/mol. The van der Waals surface area contributed by atoms with Gasteiger partial charge in [-0.2, -0.15) is 0 Å². The lowest BCUT2D eigenvalue weighted by atomic mass is 9.98. The molecule has 0 saturated carbocycles. The molecule has 0 atom stereocenters. The zero-order valence-electron chi connectivity index (χ0n) is 18.2. The maximum atomic E-state index is 2.54. The van der Waals surface area contributed by atoms with Crippen LogP contribution in [0.5, 0.6) is 0 Å². The number of benzene rings is 4. The SMILES string of the molecule is CCCCCc1c(-c2ccc3ccccc3c2)n(Cc2ccccc2)c2ccccc12. The summed E-state index contributed by atoms with van der Waals surface area (Å²) in [6, 6.07) is 35.4. The van der Waals surface area contributed by atoms with Gasteiger partial charge in [-0.15, -0.1) is 0 Å². The number of hydrogen-bond acceptors (Lipinski definition) is 0. The van der Waals surface area contributed by atoms with Crippen LogP contribution in [0.15, 0.2) is 97.1 Å². The van der Waals surface area contributed by atoms with Gasteiger partial charge in [0.2, 0.25) is 0 Å². The van der Waals surface area contributed by atoms with Crippen LogP contribution in [0.1, 0.15) is 37.3 Å². The van der Waals surface area contributed by atoms with Gasteiger partial charge in [0, 0.05) is 17.4 Å². The summed E-state index contributed by atoms with van der Waals surface area (Å²) in [7, 11) is 0. The van der Waals surface area contributed by atoms with Gasteiger partial charge in [0.05, 0.1) is 5.69 Å². The van der Waals surface area contributed by atoms with E-state index in [0.717, 1.165) is 13.0 Å². The van der Waals surface area contributed by atoms with E-state index in [2.05, 4.69) is 109 Å². The second kappa shape index (κ2) is 8.81. The minimum atomic E-state index is 0.886. The van der Waals surface area contributed by atoms with Gasteiger partial charge in [-0.25, -0.2) is 0 Å². The molecule has 31 heavy (non-hydrogen) atoms. The standard InChI is InChI=1S/C30H29N/c1-2-3-5-17-28-27-16-10-11-18-29(27)31(22-23-12-6-4-7-13-23)30(28)26-20-19-24-14-8-9-15-25(24)21-26/h4,6-16,18-21H,2-3,5,17,22H2,1H3. The highest BCUT2D eigenvalue weighted by molar-refractivity contribution is 5.94. The van der Waals surface area contributed by atoms with Crippen molar-refractivity contribution in [3.63, 3.8) is 0 Å². The molecule has 0 aliphatic carbocycles. The van der Waals surface area contributed by atoms with Gasteiger partial charge in [-0.3, -0.25) is 0 Å². The van der Waals surface area contributed by atoms with Crippen molar-refractivity contribution in [2.24, 2.45) is 0 Å². The number of fused-ring (bicyclic) bond motifs is 2. The fourth-order valence-corrected chi connectivity index (χ4v) is 4.78.